The molecular formula is C17H25NO2. The Morgan fingerprint density at radius 2 is 2.05 bits per heavy atom. The molecule has 0 amide bonds. The van der Waals surface area contributed by atoms with Crippen LogP contribution < -0.4 is 0 Å². The number of carbonyl (C=O) groups is 1. The average Bonchev–Trinajstić information content (AvgIpc) is 2.45. The van der Waals surface area contributed by atoms with E-state index in [1.807, 2.05) is 6.07 Å². The number of piperidine rings is 1. The maximum absolute atomic E-state index is 11.3. The molecule has 110 valence electrons. The summed E-state index contributed by atoms with van der Waals surface area (Å²) in [5.74, 6) is -0.251. The van der Waals surface area contributed by atoms with Crippen LogP contribution in [0.4, 0.5) is 0 Å². The van der Waals surface area contributed by atoms with Crippen molar-refractivity contribution in [2.24, 2.45) is 11.8 Å². The van der Waals surface area contributed by atoms with E-state index in [0.717, 1.165) is 25.8 Å². The normalized spacial score (nSPS) is 21.9. The van der Waals surface area contributed by atoms with Gasteiger partial charge in [0.1, 0.15) is 0 Å². The third-order valence-corrected chi connectivity index (χ3v) is 4.12. The molecule has 1 aromatic carbocycles. The summed E-state index contributed by atoms with van der Waals surface area (Å²) in [6, 6.07) is 10.8. The van der Waals surface area contributed by atoms with E-state index in [4.69, 9.17) is 0 Å². The molecule has 2 rings (SSSR count). The van der Waals surface area contributed by atoms with Crippen molar-refractivity contribution in [3.63, 3.8) is 0 Å². The number of likely N-dealkylation sites (tertiary alicyclic amines) is 1. The Morgan fingerprint density at radius 1 is 1.35 bits per heavy atom. The first-order chi connectivity index (χ1) is 9.58. The monoisotopic (exact) mass is 275 g/mol. The highest BCUT2D eigenvalue weighted by Gasteiger charge is 2.30. The maximum atomic E-state index is 11.3. The molecule has 1 saturated heterocycles. The maximum Gasteiger partial charge on any atom is 0.307 e. The number of aliphatic carboxylic acids is 1. The summed E-state index contributed by atoms with van der Waals surface area (Å²) < 4.78 is 0. The van der Waals surface area contributed by atoms with Crippen LogP contribution in [0.1, 0.15) is 44.7 Å². The Labute approximate surface area is 121 Å². The van der Waals surface area contributed by atoms with Crippen molar-refractivity contribution >= 4 is 5.97 Å². The van der Waals surface area contributed by atoms with Crippen molar-refractivity contribution in [1.29, 1.82) is 0 Å². The third kappa shape index (κ3) is 3.83. The Morgan fingerprint density at radius 3 is 2.65 bits per heavy atom. The van der Waals surface area contributed by atoms with Crippen molar-refractivity contribution in [2.45, 2.75) is 39.2 Å². The van der Waals surface area contributed by atoms with Crippen LogP contribution in [0.25, 0.3) is 0 Å². The fraction of sp³-hybridized carbons (Fsp3) is 0.588. The molecule has 0 radical (unpaired) electrons. The molecule has 0 aliphatic carbocycles. The molecule has 1 aromatic rings. The lowest BCUT2D eigenvalue weighted by Crippen LogP contribution is -2.41. The molecule has 1 N–H and O–H groups in total. The van der Waals surface area contributed by atoms with E-state index in [0.29, 0.717) is 18.5 Å². The molecular weight excluding hydrogens is 250 g/mol. The quantitative estimate of drug-likeness (QED) is 0.893. The second-order valence-electron chi connectivity index (χ2n) is 6.23. The van der Waals surface area contributed by atoms with Crippen molar-refractivity contribution in [3.05, 3.63) is 35.9 Å². The van der Waals surface area contributed by atoms with E-state index < -0.39 is 5.97 Å². The lowest BCUT2D eigenvalue weighted by molar-refractivity contribution is -0.144. The minimum absolute atomic E-state index is 0.206. The van der Waals surface area contributed by atoms with E-state index in [2.05, 4.69) is 43.0 Å². The first kappa shape index (κ1) is 15.0. The highest BCUT2D eigenvalue weighted by Crippen LogP contribution is 2.31. The van der Waals surface area contributed by atoms with Gasteiger partial charge in [-0.1, -0.05) is 44.2 Å². The molecule has 2 atom stereocenters. The molecule has 1 aliphatic rings. The molecule has 2 unspecified atom stereocenters. The number of carboxylic acid groups (broad SMARTS) is 1. The molecule has 3 nitrogen and oxygen atoms in total. The largest absolute Gasteiger partial charge is 0.481 e. The van der Waals surface area contributed by atoms with Gasteiger partial charge in [-0.25, -0.2) is 0 Å². The molecule has 0 aromatic heterocycles. The molecule has 1 fully saturated rings. The van der Waals surface area contributed by atoms with Crippen LogP contribution in [0.5, 0.6) is 0 Å². The minimum atomic E-state index is -0.647. The zero-order valence-corrected chi connectivity index (χ0v) is 12.5. The van der Waals surface area contributed by atoms with Crippen LogP contribution >= 0.6 is 0 Å². The zero-order valence-electron chi connectivity index (χ0n) is 12.5. The smallest absolute Gasteiger partial charge is 0.307 e. The Hall–Kier alpha value is -1.35. The van der Waals surface area contributed by atoms with Crippen LogP contribution in [0.3, 0.4) is 0 Å². The van der Waals surface area contributed by atoms with Crippen molar-refractivity contribution in [3.8, 4) is 0 Å². The average molecular weight is 275 g/mol. The second-order valence-corrected chi connectivity index (χ2v) is 6.23. The standard InChI is InChI=1S/C17H25NO2/c1-13(2)11-16(14-7-4-3-5-8-14)18-10-6-9-15(12-18)17(19)20/h3-5,7-8,13,15-16H,6,9-12H2,1-2H3,(H,19,20). The van der Waals surface area contributed by atoms with Gasteiger partial charge in [-0.2, -0.15) is 0 Å². The number of hydrogen-bond acceptors (Lipinski definition) is 2. The number of nitrogens with zero attached hydrogens (tertiary/aromatic N) is 1. The SMILES string of the molecule is CC(C)CC(c1ccccc1)N1CCCC(C(=O)O)C1. The van der Waals surface area contributed by atoms with E-state index in [1.165, 1.54) is 5.56 Å². The predicted octanol–water partition coefficient (Wildman–Crippen LogP) is 3.57. The molecule has 3 heteroatoms. The summed E-state index contributed by atoms with van der Waals surface area (Å²) in [6.45, 7) is 6.15. The molecule has 20 heavy (non-hydrogen) atoms. The van der Waals surface area contributed by atoms with Gasteiger partial charge in [0.2, 0.25) is 0 Å². The molecule has 0 spiro atoms. The Balaban J connectivity index is 2.16. The summed E-state index contributed by atoms with van der Waals surface area (Å²) in [5.41, 5.74) is 1.31. The van der Waals surface area contributed by atoms with Gasteiger partial charge in [-0.3, -0.25) is 9.69 Å². The van der Waals surface area contributed by atoms with E-state index >= 15 is 0 Å². The summed E-state index contributed by atoms with van der Waals surface area (Å²) in [4.78, 5) is 13.6. The molecule has 0 bridgehead atoms. The van der Waals surface area contributed by atoms with Gasteiger partial charge in [-0.15, -0.1) is 0 Å². The van der Waals surface area contributed by atoms with Gasteiger partial charge in [0.15, 0.2) is 0 Å². The summed E-state index contributed by atoms with van der Waals surface area (Å²) in [7, 11) is 0. The first-order valence-electron chi connectivity index (χ1n) is 7.59. The minimum Gasteiger partial charge on any atom is -0.481 e. The van der Waals surface area contributed by atoms with Gasteiger partial charge in [0.25, 0.3) is 0 Å². The van der Waals surface area contributed by atoms with Crippen molar-refractivity contribution in [1.82, 2.24) is 4.90 Å². The third-order valence-electron chi connectivity index (χ3n) is 4.12. The number of benzene rings is 1. The summed E-state index contributed by atoms with van der Waals surface area (Å²) in [6.07, 6.45) is 2.88. The highest BCUT2D eigenvalue weighted by molar-refractivity contribution is 5.70. The van der Waals surface area contributed by atoms with Crippen LogP contribution in [-0.4, -0.2) is 29.1 Å². The second kappa shape index (κ2) is 6.89. The topological polar surface area (TPSA) is 40.5 Å². The van der Waals surface area contributed by atoms with Crippen LogP contribution in [0.2, 0.25) is 0 Å². The van der Waals surface area contributed by atoms with Crippen molar-refractivity contribution < 1.29 is 9.90 Å². The molecule has 1 heterocycles. The van der Waals surface area contributed by atoms with Gasteiger partial charge in [0, 0.05) is 12.6 Å². The van der Waals surface area contributed by atoms with Crippen LogP contribution in [0.15, 0.2) is 30.3 Å². The number of carboxylic acids is 1. The molecule has 1 aliphatic heterocycles. The van der Waals surface area contributed by atoms with E-state index in [9.17, 15) is 9.90 Å². The van der Waals surface area contributed by atoms with E-state index in [-0.39, 0.29) is 5.92 Å². The van der Waals surface area contributed by atoms with Gasteiger partial charge in [-0.05, 0) is 37.3 Å². The highest BCUT2D eigenvalue weighted by atomic mass is 16.4. The number of hydrogen-bond donors (Lipinski definition) is 1. The van der Waals surface area contributed by atoms with Crippen LogP contribution in [-0.2, 0) is 4.79 Å². The van der Waals surface area contributed by atoms with Crippen molar-refractivity contribution in [2.75, 3.05) is 13.1 Å². The lowest BCUT2D eigenvalue weighted by Gasteiger charge is -2.38. The summed E-state index contributed by atoms with van der Waals surface area (Å²) >= 11 is 0. The predicted molar refractivity (Wildman–Crippen MR) is 80.6 cm³/mol. The lowest BCUT2D eigenvalue weighted by atomic mass is 9.91. The van der Waals surface area contributed by atoms with Gasteiger partial charge >= 0.3 is 5.97 Å². The Kier molecular flexibility index (Phi) is 5.18. The number of rotatable bonds is 5. The van der Waals surface area contributed by atoms with Gasteiger partial charge < -0.3 is 5.11 Å². The fourth-order valence-electron chi connectivity index (χ4n) is 3.11. The molecule has 0 saturated carbocycles. The first-order valence-corrected chi connectivity index (χ1v) is 7.59. The van der Waals surface area contributed by atoms with E-state index in [1.54, 1.807) is 0 Å². The summed E-state index contributed by atoms with van der Waals surface area (Å²) in [5, 5.41) is 9.26. The zero-order chi connectivity index (χ0) is 14.5. The van der Waals surface area contributed by atoms with Crippen LogP contribution in [0, 0.1) is 11.8 Å². The Bertz CT molecular complexity index is 430. The van der Waals surface area contributed by atoms with Gasteiger partial charge in [0.05, 0.1) is 5.92 Å². The fourth-order valence-corrected chi connectivity index (χ4v) is 3.11.